The van der Waals surface area contributed by atoms with Crippen molar-refractivity contribution >= 4 is 28.9 Å². The summed E-state index contributed by atoms with van der Waals surface area (Å²) in [6, 6.07) is 3.97. The Bertz CT molecular complexity index is 855. The smallest absolute Gasteiger partial charge is 0.303 e. The van der Waals surface area contributed by atoms with Crippen molar-refractivity contribution in [3.63, 3.8) is 0 Å². The molecule has 3 N–H and O–H groups in total. The molecule has 2 aliphatic rings. The van der Waals surface area contributed by atoms with E-state index in [1.54, 1.807) is 11.3 Å². The van der Waals surface area contributed by atoms with Crippen molar-refractivity contribution in [2.24, 2.45) is 5.92 Å². The van der Waals surface area contributed by atoms with Gasteiger partial charge in [0.25, 0.3) is 0 Å². The zero-order valence-electron chi connectivity index (χ0n) is 18.1. The summed E-state index contributed by atoms with van der Waals surface area (Å²) in [6.45, 7) is 2.20. The minimum Gasteiger partial charge on any atom is -0.481 e. The van der Waals surface area contributed by atoms with Crippen LogP contribution in [0.3, 0.4) is 0 Å². The first kappa shape index (κ1) is 24.2. The molecule has 4 nitrogen and oxygen atoms in total. The van der Waals surface area contributed by atoms with Crippen LogP contribution in [0.1, 0.15) is 69.6 Å². The summed E-state index contributed by atoms with van der Waals surface area (Å²) in [5.41, 5.74) is 1.98. The van der Waals surface area contributed by atoms with Gasteiger partial charge in [-0.25, -0.2) is 0 Å². The molecule has 0 bridgehead atoms. The zero-order valence-corrected chi connectivity index (χ0v) is 19.7. The number of carboxylic acid groups (broad SMARTS) is 1. The predicted molar refractivity (Wildman–Crippen MR) is 127 cm³/mol. The van der Waals surface area contributed by atoms with Crippen molar-refractivity contribution in [2.45, 2.75) is 82.3 Å². The molecular weight excluding hydrogens is 432 g/mol. The van der Waals surface area contributed by atoms with Gasteiger partial charge in [0.15, 0.2) is 0 Å². The van der Waals surface area contributed by atoms with Crippen LogP contribution >= 0.6 is 22.9 Å². The van der Waals surface area contributed by atoms with Crippen LogP contribution in [0.25, 0.3) is 0 Å². The molecule has 0 saturated heterocycles. The molecule has 0 amide bonds. The van der Waals surface area contributed by atoms with Crippen molar-refractivity contribution in [1.29, 1.82) is 0 Å². The molecule has 170 valence electrons. The van der Waals surface area contributed by atoms with Crippen LogP contribution in [0.2, 0.25) is 4.34 Å². The normalized spacial score (nSPS) is 27.4. The highest BCUT2D eigenvalue weighted by molar-refractivity contribution is 7.16. The molecule has 1 aromatic rings. The quantitative estimate of drug-likeness (QED) is 0.276. The second-order valence-corrected chi connectivity index (χ2v) is 10.5. The van der Waals surface area contributed by atoms with Crippen molar-refractivity contribution in [2.75, 3.05) is 0 Å². The monoisotopic (exact) mass is 464 g/mol. The average Bonchev–Trinajstić information content (AvgIpc) is 3.30. The molecule has 1 fully saturated rings. The van der Waals surface area contributed by atoms with Gasteiger partial charge in [-0.15, -0.1) is 11.3 Å². The van der Waals surface area contributed by atoms with Gasteiger partial charge in [0, 0.05) is 16.7 Å². The third kappa shape index (κ3) is 5.70. The molecular formula is C25H33ClO4S. The number of allylic oxidation sites excluding steroid dienone is 3. The SMILES string of the molecule is CC1CCC1(c1ccc(Cl)s1)C(O)CC=CC1=C(CC=CCCCC(=O)O)CC[C@H]1O. The van der Waals surface area contributed by atoms with E-state index < -0.39 is 18.2 Å². The topological polar surface area (TPSA) is 77.8 Å². The fourth-order valence-electron chi connectivity index (χ4n) is 4.88. The molecule has 4 atom stereocenters. The van der Waals surface area contributed by atoms with E-state index in [4.69, 9.17) is 16.7 Å². The number of carboxylic acids is 1. The molecule has 3 rings (SSSR count). The Hall–Kier alpha value is -1.40. The molecule has 1 saturated carbocycles. The largest absolute Gasteiger partial charge is 0.481 e. The second-order valence-electron chi connectivity index (χ2n) is 8.81. The summed E-state index contributed by atoms with van der Waals surface area (Å²) in [5.74, 6) is -0.339. The van der Waals surface area contributed by atoms with Crippen molar-refractivity contribution in [3.05, 3.63) is 56.8 Å². The molecule has 2 aliphatic carbocycles. The average molecular weight is 465 g/mol. The first-order valence-corrected chi connectivity index (χ1v) is 12.4. The number of hydrogen-bond donors (Lipinski definition) is 3. The lowest BCUT2D eigenvalue weighted by atomic mass is 9.56. The number of unbranched alkanes of at least 4 members (excludes halogenated alkanes) is 1. The third-order valence-electron chi connectivity index (χ3n) is 6.93. The Morgan fingerprint density at radius 3 is 2.74 bits per heavy atom. The van der Waals surface area contributed by atoms with E-state index in [-0.39, 0.29) is 11.8 Å². The number of carbonyl (C=O) groups is 1. The van der Waals surface area contributed by atoms with Gasteiger partial charge in [-0.3, -0.25) is 4.79 Å². The lowest BCUT2D eigenvalue weighted by molar-refractivity contribution is -0.137. The van der Waals surface area contributed by atoms with Crippen LogP contribution in [0.4, 0.5) is 0 Å². The maximum atomic E-state index is 11.1. The fourth-order valence-corrected chi connectivity index (χ4v) is 6.30. The number of thiophene rings is 1. The molecule has 1 heterocycles. The molecule has 31 heavy (non-hydrogen) atoms. The number of hydrogen-bond acceptors (Lipinski definition) is 4. The number of rotatable bonds is 11. The number of aliphatic hydroxyl groups is 2. The maximum Gasteiger partial charge on any atom is 0.303 e. The Morgan fingerprint density at radius 2 is 2.13 bits per heavy atom. The lowest BCUT2D eigenvalue weighted by Gasteiger charge is -2.50. The molecule has 6 heteroatoms. The molecule has 1 aromatic heterocycles. The minimum absolute atomic E-state index is 0.194. The van der Waals surface area contributed by atoms with Crippen LogP contribution < -0.4 is 0 Å². The van der Waals surface area contributed by atoms with Gasteiger partial charge < -0.3 is 15.3 Å². The van der Waals surface area contributed by atoms with E-state index >= 15 is 0 Å². The number of aliphatic carboxylic acids is 1. The van der Waals surface area contributed by atoms with Gasteiger partial charge in [0.2, 0.25) is 0 Å². The highest BCUT2D eigenvalue weighted by Gasteiger charge is 2.51. The van der Waals surface area contributed by atoms with Gasteiger partial charge in [-0.05, 0) is 75.0 Å². The summed E-state index contributed by atoms with van der Waals surface area (Å²) in [5, 5.41) is 30.2. The maximum absolute atomic E-state index is 11.1. The number of halogens is 1. The van der Waals surface area contributed by atoms with Gasteiger partial charge in [0.05, 0.1) is 16.5 Å². The van der Waals surface area contributed by atoms with E-state index in [0.717, 1.165) is 48.4 Å². The van der Waals surface area contributed by atoms with Gasteiger partial charge >= 0.3 is 5.97 Å². The van der Waals surface area contributed by atoms with Crippen LogP contribution in [0.5, 0.6) is 0 Å². The van der Waals surface area contributed by atoms with Crippen LogP contribution in [0, 0.1) is 5.92 Å². The molecule has 0 radical (unpaired) electrons. The lowest BCUT2D eigenvalue weighted by Crippen LogP contribution is -2.51. The van der Waals surface area contributed by atoms with E-state index in [2.05, 4.69) is 19.1 Å². The Balaban J connectivity index is 1.60. The molecule has 0 aliphatic heterocycles. The highest BCUT2D eigenvalue weighted by Crippen LogP contribution is 2.54. The highest BCUT2D eigenvalue weighted by atomic mass is 35.5. The van der Waals surface area contributed by atoms with Crippen LogP contribution in [-0.2, 0) is 10.2 Å². The third-order valence-corrected chi connectivity index (χ3v) is 8.36. The fraction of sp³-hybridized carbons (Fsp3) is 0.560. The summed E-state index contributed by atoms with van der Waals surface area (Å²) in [7, 11) is 0. The summed E-state index contributed by atoms with van der Waals surface area (Å²) < 4.78 is 0.760. The van der Waals surface area contributed by atoms with Crippen molar-refractivity contribution < 1.29 is 20.1 Å². The van der Waals surface area contributed by atoms with Gasteiger partial charge in [-0.2, -0.15) is 0 Å². The van der Waals surface area contributed by atoms with E-state index in [1.165, 1.54) is 10.5 Å². The summed E-state index contributed by atoms with van der Waals surface area (Å²) in [4.78, 5) is 11.7. The van der Waals surface area contributed by atoms with Crippen molar-refractivity contribution in [3.8, 4) is 0 Å². The second kappa shape index (κ2) is 11.0. The standard InChI is InChI=1S/C25H33ClO4S/c1-17-15-16-25(17,22-13-14-23(26)31-22)21(28)9-6-8-19-18(11-12-20(19)27)7-4-2-3-5-10-24(29)30/h2,4,6,8,13-14,17,20-21,27-28H,3,5,7,9-12,15-16H2,1H3,(H,29,30)/t17?,20-,21?,25?/m1/s1. The van der Waals surface area contributed by atoms with Gasteiger partial charge in [-0.1, -0.05) is 48.4 Å². The predicted octanol–water partition coefficient (Wildman–Crippen LogP) is 6.03. The molecule has 0 aromatic carbocycles. The summed E-state index contributed by atoms with van der Waals surface area (Å²) >= 11 is 7.73. The first-order valence-electron chi connectivity index (χ1n) is 11.2. The molecule has 0 spiro atoms. The van der Waals surface area contributed by atoms with Crippen LogP contribution in [-0.4, -0.2) is 33.5 Å². The zero-order chi connectivity index (χ0) is 22.4. The first-order chi connectivity index (χ1) is 14.8. The van der Waals surface area contributed by atoms with E-state index in [1.807, 2.05) is 24.3 Å². The minimum atomic E-state index is -0.759. The van der Waals surface area contributed by atoms with Gasteiger partial charge in [0.1, 0.15) is 0 Å². The molecule has 3 unspecified atom stereocenters. The van der Waals surface area contributed by atoms with E-state index in [0.29, 0.717) is 18.8 Å². The van der Waals surface area contributed by atoms with Crippen molar-refractivity contribution in [1.82, 2.24) is 0 Å². The van der Waals surface area contributed by atoms with Crippen LogP contribution in [0.15, 0.2) is 47.6 Å². The number of aliphatic hydroxyl groups excluding tert-OH is 2. The Kier molecular flexibility index (Phi) is 8.57. The Morgan fingerprint density at radius 1 is 1.32 bits per heavy atom. The van der Waals surface area contributed by atoms with E-state index in [9.17, 15) is 15.0 Å². The Labute approximate surface area is 194 Å². The summed E-state index contributed by atoms with van der Waals surface area (Å²) in [6.07, 6.45) is 13.8.